The lowest BCUT2D eigenvalue weighted by Crippen LogP contribution is -2.36. The monoisotopic (exact) mass is 543 g/mol. The van der Waals surface area contributed by atoms with Crippen LogP contribution in [-0.4, -0.2) is 60.7 Å². The van der Waals surface area contributed by atoms with Crippen LogP contribution >= 0.6 is 0 Å². The standard InChI is InChI=1S/C28H33NO8S/c1-34-17-18-37-16-15-24(28(30)29-31)27(22-11-9-21(10-12-22)20-7-5-4-6-8-20)38(32,33)23-13-14-25(35-2)26(19-23)36-3/h4-14,19,24,27,31H,15-18H2,1-3H3,(H,29,30). The summed E-state index contributed by atoms with van der Waals surface area (Å²) in [6, 6.07) is 20.9. The summed E-state index contributed by atoms with van der Waals surface area (Å²) in [5, 5.41) is 8.20. The van der Waals surface area contributed by atoms with Gasteiger partial charge < -0.3 is 18.9 Å². The van der Waals surface area contributed by atoms with Crippen molar-refractivity contribution in [2.24, 2.45) is 5.92 Å². The smallest absolute Gasteiger partial charge is 0.248 e. The van der Waals surface area contributed by atoms with Crippen LogP contribution in [0, 0.1) is 5.92 Å². The van der Waals surface area contributed by atoms with Crippen LogP contribution in [0.1, 0.15) is 17.2 Å². The van der Waals surface area contributed by atoms with Gasteiger partial charge >= 0.3 is 0 Å². The minimum absolute atomic E-state index is 0.0354. The summed E-state index contributed by atoms with van der Waals surface area (Å²) in [6.07, 6.45) is 0.0354. The first kappa shape index (κ1) is 29.1. The van der Waals surface area contributed by atoms with E-state index in [1.807, 2.05) is 42.5 Å². The first-order valence-electron chi connectivity index (χ1n) is 12.0. The number of ether oxygens (including phenoxy) is 4. The predicted octanol–water partition coefficient (Wildman–Crippen LogP) is 4.06. The molecule has 0 aliphatic rings. The Balaban J connectivity index is 2.08. The zero-order chi connectivity index (χ0) is 27.5. The molecule has 0 saturated carbocycles. The molecule has 0 aliphatic carbocycles. The molecule has 0 saturated heterocycles. The summed E-state index contributed by atoms with van der Waals surface area (Å²) in [5.41, 5.74) is 3.89. The number of hydroxylamine groups is 1. The summed E-state index contributed by atoms with van der Waals surface area (Å²) >= 11 is 0. The maximum Gasteiger partial charge on any atom is 0.248 e. The molecule has 0 bridgehead atoms. The van der Waals surface area contributed by atoms with E-state index in [0.717, 1.165) is 11.1 Å². The largest absolute Gasteiger partial charge is 0.493 e. The molecule has 9 nitrogen and oxygen atoms in total. The number of amides is 1. The maximum absolute atomic E-state index is 14.1. The Bertz CT molecular complexity index is 1280. The number of sulfone groups is 1. The molecule has 3 rings (SSSR count). The highest BCUT2D eigenvalue weighted by atomic mass is 32.2. The second-order valence-electron chi connectivity index (χ2n) is 8.45. The number of carbonyl (C=O) groups is 1. The van der Waals surface area contributed by atoms with E-state index in [-0.39, 0.29) is 30.3 Å². The average molecular weight is 544 g/mol. The second kappa shape index (κ2) is 13.9. The Labute approximate surface area is 223 Å². The first-order valence-corrected chi connectivity index (χ1v) is 13.5. The van der Waals surface area contributed by atoms with Gasteiger partial charge in [0.1, 0.15) is 5.25 Å². The predicted molar refractivity (Wildman–Crippen MR) is 142 cm³/mol. The van der Waals surface area contributed by atoms with Crippen LogP contribution in [0.4, 0.5) is 0 Å². The van der Waals surface area contributed by atoms with Crippen LogP contribution < -0.4 is 15.0 Å². The lowest BCUT2D eigenvalue weighted by atomic mass is 9.93. The van der Waals surface area contributed by atoms with Gasteiger partial charge in [-0.25, -0.2) is 13.9 Å². The van der Waals surface area contributed by atoms with Crippen LogP contribution in [0.2, 0.25) is 0 Å². The van der Waals surface area contributed by atoms with Crippen LogP contribution in [0.3, 0.4) is 0 Å². The second-order valence-corrected chi connectivity index (χ2v) is 10.5. The van der Waals surface area contributed by atoms with Crippen molar-refractivity contribution in [3.8, 4) is 22.6 Å². The fraction of sp³-hybridized carbons (Fsp3) is 0.321. The number of hydrogen-bond acceptors (Lipinski definition) is 8. The Hall–Kier alpha value is -3.44. The van der Waals surface area contributed by atoms with Crippen LogP contribution in [0.25, 0.3) is 11.1 Å². The molecule has 0 aromatic heterocycles. The fourth-order valence-electron chi connectivity index (χ4n) is 4.22. The van der Waals surface area contributed by atoms with E-state index in [9.17, 15) is 18.4 Å². The van der Waals surface area contributed by atoms with Gasteiger partial charge in [0.2, 0.25) is 5.91 Å². The molecule has 204 valence electrons. The van der Waals surface area contributed by atoms with Crippen molar-refractivity contribution in [3.63, 3.8) is 0 Å². The summed E-state index contributed by atoms with van der Waals surface area (Å²) in [5.74, 6) is -1.39. The number of nitrogens with one attached hydrogen (secondary N) is 1. The molecule has 2 atom stereocenters. The van der Waals surface area contributed by atoms with Gasteiger partial charge in [-0.15, -0.1) is 0 Å². The minimum atomic E-state index is -4.18. The average Bonchev–Trinajstić information content (AvgIpc) is 2.96. The molecule has 0 heterocycles. The van der Waals surface area contributed by atoms with Gasteiger partial charge in [0.05, 0.1) is 38.2 Å². The van der Waals surface area contributed by atoms with Gasteiger partial charge in [0, 0.05) is 19.8 Å². The van der Waals surface area contributed by atoms with Gasteiger partial charge in [0.25, 0.3) is 0 Å². The number of hydrogen-bond donors (Lipinski definition) is 2. The topological polar surface area (TPSA) is 120 Å². The van der Waals surface area contributed by atoms with Crippen molar-refractivity contribution in [1.29, 1.82) is 0 Å². The zero-order valence-electron chi connectivity index (χ0n) is 21.6. The molecule has 0 aliphatic heterocycles. The maximum atomic E-state index is 14.1. The van der Waals surface area contributed by atoms with Gasteiger partial charge in [-0.05, 0) is 35.2 Å². The number of rotatable bonds is 14. The van der Waals surface area contributed by atoms with Gasteiger partial charge in [-0.1, -0.05) is 54.6 Å². The van der Waals surface area contributed by atoms with E-state index < -0.39 is 26.9 Å². The van der Waals surface area contributed by atoms with Gasteiger partial charge in [-0.3, -0.25) is 10.0 Å². The van der Waals surface area contributed by atoms with Crippen molar-refractivity contribution in [3.05, 3.63) is 78.4 Å². The third-order valence-electron chi connectivity index (χ3n) is 6.18. The molecule has 2 N–H and O–H groups in total. The highest BCUT2D eigenvalue weighted by Gasteiger charge is 2.40. The molecular weight excluding hydrogens is 510 g/mol. The van der Waals surface area contributed by atoms with Crippen molar-refractivity contribution in [2.45, 2.75) is 16.6 Å². The number of methoxy groups -OCH3 is 3. The van der Waals surface area contributed by atoms with Crippen LogP contribution in [0.15, 0.2) is 77.7 Å². The molecule has 1 amide bonds. The van der Waals surface area contributed by atoms with Gasteiger partial charge in [-0.2, -0.15) is 0 Å². The quantitative estimate of drug-likeness (QED) is 0.177. The lowest BCUT2D eigenvalue weighted by Gasteiger charge is -2.26. The molecule has 0 radical (unpaired) electrons. The van der Waals surface area contributed by atoms with Crippen molar-refractivity contribution in [1.82, 2.24) is 5.48 Å². The van der Waals surface area contributed by atoms with E-state index in [1.54, 1.807) is 17.6 Å². The summed E-state index contributed by atoms with van der Waals surface area (Å²) in [6.45, 7) is 0.718. The Kier molecular flexibility index (Phi) is 10.7. The molecule has 38 heavy (non-hydrogen) atoms. The molecule has 10 heteroatoms. The SMILES string of the molecule is COCCOCCC(C(=O)NO)C(c1ccc(-c2ccccc2)cc1)S(=O)(=O)c1ccc(OC)c(OC)c1. The molecular formula is C28H33NO8S. The summed E-state index contributed by atoms with van der Waals surface area (Å²) < 4.78 is 49.3. The van der Waals surface area contributed by atoms with Crippen molar-refractivity contribution >= 4 is 15.7 Å². The van der Waals surface area contributed by atoms with Gasteiger partial charge in [0.15, 0.2) is 21.3 Å². The van der Waals surface area contributed by atoms with Crippen LogP contribution in [0.5, 0.6) is 11.5 Å². The third-order valence-corrected chi connectivity index (χ3v) is 8.36. The van der Waals surface area contributed by atoms with E-state index in [2.05, 4.69) is 0 Å². The molecule has 3 aromatic carbocycles. The molecule has 0 spiro atoms. The number of carbonyl (C=O) groups excluding carboxylic acids is 1. The van der Waals surface area contributed by atoms with E-state index >= 15 is 0 Å². The normalized spacial score (nSPS) is 12.9. The summed E-state index contributed by atoms with van der Waals surface area (Å²) in [7, 11) is 0.222. The zero-order valence-corrected chi connectivity index (χ0v) is 22.4. The molecule has 2 unspecified atom stereocenters. The lowest BCUT2D eigenvalue weighted by molar-refractivity contribution is -0.134. The Morgan fingerprint density at radius 3 is 2.11 bits per heavy atom. The Morgan fingerprint density at radius 2 is 1.50 bits per heavy atom. The third kappa shape index (κ3) is 6.90. The van der Waals surface area contributed by atoms with Crippen LogP contribution in [-0.2, 0) is 24.1 Å². The van der Waals surface area contributed by atoms with Crippen molar-refractivity contribution in [2.75, 3.05) is 41.2 Å². The minimum Gasteiger partial charge on any atom is -0.493 e. The Morgan fingerprint density at radius 1 is 0.842 bits per heavy atom. The number of benzene rings is 3. The van der Waals surface area contributed by atoms with E-state index in [0.29, 0.717) is 17.9 Å². The highest BCUT2D eigenvalue weighted by Crippen LogP contribution is 2.40. The van der Waals surface area contributed by atoms with E-state index in [4.69, 9.17) is 18.9 Å². The molecule has 0 fully saturated rings. The van der Waals surface area contributed by atoms with E-state index in [1.165, 1.54) is 39.5 Å². The summed E-state index contributed by atoms with van der Waals surface area (Å²) in [4.78, 5) is 12.8. The fourth-order valence-corrected chi connectivity index (χ4v) is 6.25. The molecule has 3 aromatic rings. The van der Waals surface area contributed by atoms with Crippen molar-refractivity contribution < 1.29 is 37.4 Å². The first-order chi connectivity index (χ1) is 18.4. The highest BCUT2D eigenvalue weighted by molar-refractivity contribution is 7.91.